The largest absolute Gasteiger partial charge is 0.395 e. The monoisotopic (exact) mass is 319 g/mol. The van der Waals surface area contributed by atoms with Gasteiger partial charge < -0.3 is 5.11 Å². The summed E-state index contributed by atoms with van der Waals surface area (Å²) in [6, 6.07) is -0.293. The summed E-state index contributed by atoms with van der Waals surface area (Å²) in [7, 11) is -1.95. The molecule has 1 fully saturated rings. The van der Waals surface area contributed by atoms with E-state index in [0.717, 1.165) is 29.8 Å². The maximum atomic E-state index is 12.6. The molecule has 6 nitrogen and oxygen atoms in total. The Kier molecular flexibility index (Phi) is 5.14. The molecule has 114 valence electrons. The SMILES string of the molecule is Cc1ncsc1CN(C)S(=O)(=O)N1CCCCC1CO. The van der Waals surface area contributed by atoms with Crippen molar-refractivity contribution in [3.05, 3.63) is 16.1 Å². The highest BCUT2D eigenvalue weighted by molar-refractivity contribution is 7.86. The Morgan fingerprint density at radius 3 is 2.90 bits per heavy atom. The molecule has 2 rings (SSSR count). The number of aliphatic hydroxyl groups is 1. The number of hydrogen-bond acceptors (Lipinski definition) is 5. The molecule has 0 spiro atoms. The Labute approximate surface area is 124 Å². The number of hydrogen-bond donors (Lipinski definition) is 1. The zero-order chi connectivity index (χ0) is 14.8. The zero-order valence-corrected chi connectivity index (χ0v) is 13.5. The summed E-state index contributed by atoms with van der Waals surface area (Å²) in [5.41, 5.74) is 2.59. The van der Waals surface area contributed by atoms with Gasteiger partial charge in [-0.1, -0.05) is 6.42 Å². The lowest BCUT2D eigenvalue weighted by atomic mass is 10.1. The van der Waals surface area contributed by atoms with Crippen LogP contribution in [0.1, 0.15) is 29.8 Å². The summed E-state index contributed by atoms with van der Waals surface area (Å²) in [6.45, 7) is 2.57. The van der Waals surface area contributed by atoms with Crippen LogP contribution in [0.3, 0.4) is 0 Å². The first-order valence-electron chi connectivity index (χ1n) is 6.69. The van der Waals surface area contributed by atoms with Gasteiger partial charge in [-0.05, 0) is 19.8 Å². The summed E-state index contributed by atoms with van der Waals surface area (Å²) in [5, 5.41) is 9.37. The maximum absolute atomic E-state index is 12.6. The molecule has 1 aromatic heterocycles. The van der Waals surface area contributed by atoms with Crippen LogP contribution in [-0.4, -0.2) is 53.4 Å². The summed E-state index contributed by atoms with van der Waals surface area (Å²) >= 11 is 1.46. The van der Waals surface area contributed by atoms with E-state index in [0.29, 0.717) is 13.1 Å². The fraction of sp³-hybridized carbons (Fsp3) is 0.750. The smallest absolute Gasteiger partial charge is 0.282 e. The van der Waals surface area contributed by atoms with Gasteiger partial charge in [0.15, 0.2) is 0 Å². The third-order valence-corrected chi connectivity index (χ3v) is 6.60. The molecular weight excluding hydrogens is 298 g/mol. The van der Waals surface area contributed by atoms with Crippen molar-refractivity contribution in [3.8, 4) is 0 Å². The number of aryl methyl sites for hydroxylation is 1. The summed E-state index contributed by atoms with van der Waals surface area (Å²) in [4.78, 5) is 5.09. The Bertz CT molecular complexity index is 544. The molecule has 0 bridgehead atoms. The van der Waals surface area contributed by atoms with Crippen molar-refractivity contribution in [1.82, 2.24) is 13.6 Å². The molecule has 1 aliphatic rings. The minimum atomic E-state index is -3.53. The van der Waals surface area contributed by atoms with Gasteiger partial charge in [-0.2, -0.15) is 17.0 Å². The van der Waals surface area contributed by atoms with Crippen molar-refractivity contribution in [3.63, 3.8) is 0 Å². The second kappa shape index (κ2) is 6.48. The van der Waals surface area contributed by atoms with Crippen LogP contribution in [-0.2, 0) is 16.8 Å². The molecule has 0 amide bonds. The number of rotatable bonds is 5. The standard InChI is InChI=1S/C12H21N3O3S2/c1-10-12(19-9-13-10)7-14(2)20(17,18)15-6-4-3-5-11(15)8-16/h9,11,16H,3-8H2,1-2H3. The highest BCUT2D eigenvalue weighted by Crippen LogP contribution is 2.24. The minimum absolute atomic E-state index is 0.118. The molecule has 1 saturated heterocycles. The third kappa shape index (κ3) is 3.20. The van der Waals surface area contributed by atoms with E-state index in [9.17, 15) is 13.5 Å². The molecule has 1 aliphatic heterocycles. The quantitative estimate of drug-likeness (QED) is 0.878. The number of nitrogens with zero attached hydrogens (tertiary/aromatic N) is 3. The van der Waals surface area contributed by atoms with Gasteiger partial charge in [-0.25, -0.2) is 4.98 Å². The molecule has 0 saturated carbocycles. The topological polar surface area (TPSA) is 73.7 Å². The van der Waals surface area contributed by atoms with Gasteiger partial charge in [0.2, 0.25) is 0 Å². The summed E-state index contributed by atoms with van der Waals surface area (Å²) in [5.74, 6) is 0. The molecule has 0 radical (unpaired) electrons. The number of aromatic nitrogens is 1. The third-order valence-electron chi connectivity index (χ3n) is 3.69. The minimum Gasteiger partial charge on any atom is -0.395 e. The molecule has 8 heteroatoms. The van der Waals surface area contributed by atoms with Gasteiger partial charge in [0.05, 0.1) is 24.4 Å². The average Bonchev–Trinajstić information content (AvgIpc) is 2.84. The first-order chi connectivity index (χ1) is 9.46. The molecule has 0 aliphatic carbocycles. The van der Waals surface area contributed by atoms with E-state index < -0.39 is 10.2 Å². The number of aliphatic hydroxyl groups excluding tert-OH is 1. The number of thiazole rings is 1. The fourth-order valence-electron chi connectivity index (χ4n) is 2.40. The van der Waals surface area contributed by atoms with E-state index in [1.165, 1.54) is 19.9 Å². The van der Waals surface area contributed by atoms with Gasteiger partial charge in [0.25, 0.3) is 10.2 Å². The molecule has 0 aromatic carbocycles. The van der Waals surface area contributed by atoms with Crippen molar-refractivity contribution >= 4 is 21.5 Å². The van der Waals surface area contributed by atoms with Crippen LogP contribution >= 0.6 is 11.3 Å². The molecule has 1 atom stereocenters. The lowest BCUT2D eigenvalue weighted by Crippen LogP contribution is -2.50. The lowest BCUT2D eigenvalue weighted by Gasteiger charge is -2.36. The summed E-state index contributed by atoms with van der Waals surface area (Å²) < 4.78 is 28.0. The predicted octanol–water partition coefficient (Wildman–Crippen LogP) is 0.975. The van der Waals surface area contributed by atoms with Crippen molar-refractivity contribution in [1.29, 1.82) is 0 Å². The molecule has 1 N–H and O–H groups in total. The van der Waals surface area contributed by atoms with Crippen LogP contribution in [0.25, 0.3) is 0 Å². The highest BCUT2D eigenvalue weighted by Gasteiger charge is 2.34. The van der Waals surface area contributed by atoms with E-state index in [1.807, 2.05) is 6.92 Å². The van der Waals surface area contributed by atoms with Crippen molar-refractivity contribution in [2.45, 2.75) is 38.8 Å². The first-order valence-corrected chi connectivity index (χ1v) is 8.97. The van der Waals surface area contributed by atoms with Gasteiger partial charge in [-0.15, -0.1) is 11.3 Å². The number of piperidine rings is 1. The molecular formula is C12H21N3O3S2. The molecule has 2 heterocycles. The van der Waals surface area contributed by atoms with E-state index in [4.69, 9.17) is 0 Å². The first kappa shape index (κ1) is 15.8. The van der Waals surface area contributed by atoms with E-state index >= 15 is 0 Å². The Morgan fingerprint density at radius 1 is 1.55 bits per heavy atom. The van der Waals surface area contributed by atoms with E-state index in [2.05, 4.69) is 4.98 Å². The molecule has 1 unspecified atom stereocenters. The summed E-state index contributed by atoms with van der Waals surface area (Å²) in [6.07, 6.45) is 2.54. The van der Waals surface area contributed by atoms with Crippen molar-refractivity contribution in [2.75, 3.05) is 20.2 Å². The van der Waals surface area contributed by atoms with Crippen LogP contribution < -0.4 is 0 Å². The fourth-order valence-corrected chi connectivity index (χ4v) is 4.87. The van der Waals surface area contributed by atoms with Crippen molar-refractivity contribution in [2.24, 2.45) is 0 Å². The normalized spacial score (nSPS) is 21.5. The van der Waals surface area contributed by atoms with Gasteiger partial charge in [0, 0.05) is 24.5 Å². The van der Waals surface area contributed by atoms with E-state index in [1.54, 1.807) is 12.6 Å². The average molecular weight is 319 g/mol. The van der Waals surface area contributed by atoms with Crippen LogP contribution in [0.15, 0.2) is 5.51 Å². The van der Waals surface area contributed by atoms with E-state index in [-0.39, 0.29) is 12.6 Å². The molecule has 1 aromatic rings. The molecule has 20 heavy (non-hydrogen) atoms. The van der Waals surface area contributed by atoms with Gasteiger partial charge >= 0.3 is 0 Å². The Morgan fingerprint density at radius 2 is 2.30 bits per heavy atom. The van der Waals surface area contributed by atoms with Crippen LogP contribution in [0, 0.1) is 6.92 Å². The van der Waals surface area contributed by atoms with Gasteiger partial charge in [0.1, 0.15) is 0 Å². The van der Waals surface area contributed by atoms with Crippen LogP contribution in [0.4, 0.5) is 0 Å². The van der Waals surface area contributed by atoms with Crippen LogP contribution in [0.5, 0.6) is 0 Å². The predicted molar refractivity (Wildman–Crippen MR) is 78.7 cm³/mol. The lowest BCUT2D eigenvalue weighted by molar-refractivity contribution is 0.149. The Hall–Kier alpha value is -0.540. The zero-order valence-electron chi connectivity index (χ0n) is 11.8. The van der Waals surface area contributed by atoms with Crippen LogP contribution in [0.2, 0.25) is 0 Å². The maximum Gasteiger partial charge on any atom is 0.282 e. The van der Waals surface area contributed by atoms with Crippen molar-refractivity contribution < 1.29 is 13.5 Å². The Balaban J connectivity index is 2.14. The van der Waals surface area contributed by atoms with Gasteiger partial charge in [-0.3, -0.25) is 0 Å². The highest BCUT2D eigenvalue weighted by atomic mass is 32.2. The second-order valence-electron chi connectivity index (χ2n) is 5.07. The second-order valence-corrected chi connectivity index (χ2v) is 8.00.